The van der Waals surface area contributed by atoms with Gasteiger partial charge in [-0.3, -0.25) is 0 Å². The van der Waals surface area contributed by atoms with Gasteiger partial charge in [0.1, 0.15) is 24.1 Å². The normalized spacial score (nSPS) is 11.7. The molecule has 4 nitrogen and oxygen atoms in total. The van der Waals surface area contributed by atoms with Gasteiger partial charge < -0.3 is 9.64 Å². The first-order valence-electron chi connectivity index (χ1n) is 5.78. The summed E-state index contributed by atoms with van der Waals surface area (Å²) in [5, 5.41) is 0.0975. The molecule has 0 aliphatic carbocycles. The van der Waals surface area contributed by atoms with Gasteiger partial charge in [0.15, 0.2) is 5.82 Å². The third-order valence-electron chi connectivity index (χ3n) is 2.24. The maximum atomic E-state index is 12.4. The summed E-state index contributed by atoms with van der Waals surface area (Å²) in [7, 11) is 0. The van der Waals surface area contributed by atoms with Crippen molar-refractivity contribution in [3.05, 3.63) is 17.0 Å². The molecule has 1 aromatic heterocycles. The summed E-state index contributed by atoms with van der Waals surface area (Å²) in [4.78, 5) is 9.02. The predicted molar refractivity (Wildman–Crippen MR) is 66.3 cm³/mol. The van der Waals surface area contributed by atoms with Crippen LogP contribution in [0.2, 0.25) is 5.15 Å². The van der Waals surface area contributed by atoms with Crippen LogP contribution in [0.1, 0.15) is 19.7 Å². The molecule has 1 aromatic rings. The standard InChI is InChI=1S/C11H15ClF3N3O/c1-3-18(7-11(13,14)15)10-5-8(12)16-9(17-10)6-19-4-2/h5H,3-4,6-7H2,1-2H3. The number of nitrogens with zero attached hydrogens (tertiary/aromatic N) is 3. The SMILES string of the molecule is CCOCc1nc(Cl)cc(N(CC)CC(F)(F)F)n1. The van der Waals surface area contributed by atoms with Gasteiger partial charge in [0.2, 0.25) is 0 Å². The van der Waals surface area contributed by atoms with Crippen molar-refractivity contribution in [2.24, 2.45) is 0 Å². The second-order valence-corrected chi connectivity index (χ2v) is 4.12. The molecule has 0 radical (unpaired) electrons. The molecule has 0 aromatic carbocycles. The van der Waals surface area contributed by atoms with Crippen molar-refractivity contribution in [3.8, 4) is 0 Å². The highest BCUT2D eigenvalue weighted by molar-refractivity contribution is 6.29. The van der Waals surface area contributed by atoms with Crippen molar-refractivity contribution < 1.29 is 17.9 Å². The third kappa shape index (κ3) is 5.61. The van der Waals surface area contributed by atoms with Crippen LogP contribution >= 0.6 is 11.6 Å². The van der Waals surface area contributed by atoms with Crippen molar-refractivity contribution in [1.82, 2.24) is 9.97 Å². The second-order valence-electron chi connectivity index (χ2n) is 3.73. The van der Waals surface area contributed by atoms with E-state index in [1.165, 1.54) is 6.07 Å². The summed E-state index contributed by atoms with van der Waals surface area (Å²) < 4.78 is 42.4. The summed E-state index contributed by atoms with van der Waals surface area (Å²) in [6, 6.07) is 1.31. The Morgan fingerprint density at radius 2 is 2.00 bits per heavy atom. The molecule has 0 spiro atoms. The van der Waals surface area contributed by atoms with Gasteiger partial charge in [-0.1, -0.05) is 11.6 Å². The van der Waals surface area contributed by atoms with E-state index >= 15 is 0 Å². The zero-order chi connectivity index (χ0) is 14.5. The average Bonchev–Trinajstić information content (AvgIpc) is 2.31. The molecule has 0 saturated carbocycles. The van der Waals surface area contributed by atoms with Crippen LogP contribution in [0.4, 0.5) is 19.0 Å². The number of alkyl halides is 3. The number of hydrogen-bond acceptors (Lipinski definition) is 4. The van der Waals surface area contributed by atoms with Gasteiger partial charge in [0.25, 0.3) is 0 Å². The first-order chi connectivity index (χ1) is 8.85. The van der Waals surface area contributed by atoms with E-state index in [1.54, 1.807) is 13.8 Å². The predicted octanol–water partition coefficient (Wildman–Crippen LogP) is 3.06. The van der Waals surface area contributed by atoms with Crippen LogP contribution < -0.4 is 4.90 Å². The minimum absolute atomic E-state index is 0.0975. The van der Waals surface area contributed by atoms with E-state index in [-0.39, 0.29) is 29.9 Å². The number of rotatable bonds is 6. The molecule has 0 unspecified atom stereocenters. The lowest BCUT2D eigenvalue weighted by Gasteiger charge is -2.23. The molecule has 0 amide bonds. The van der Waals surface area contributed by atoms with Gasteiger partial charge in [-0.15, -0.1) is 0 Å². The minimum atomic E-state index is -4.30. The zero-order valence-electron chi connectivity index (χ0n) is 10.7. The Bertz CT molecular complexity index is 415. The number of aromatic nitrogens is 2. The highest BCUT2D eigenvalue weighted by Gasteiger charge is 2.31. The van der Waals surface area contributed by atoms with E-state index in [0.717, 1.165) is 4.90 Å². The quantitative estimate of drug-likeness (QED) is 0.757. The van der Waals surface area contributed by atoms with Crippen molar-refractivity contribution in [3.63, 3.8) is 0 Å². The lowest BCUT2D eigenvalue weighted by Crippen LogP contribution is -2.34. The molecule has 0 bridgehead atoms. The van der Waals surface area contributed by atoms with Crippen LogP contribution in [0.3, 0.4) is 0 Å². The van der Waals surface area contributed by atoms with Crippen molar-refractivity contribution in [2.75, 3.05) is 24.6 Å². The van der Waals surface area contributed by atoms with Crippen molar-refractivity contribution in [2.45, 2.75) is 26.6 Å². The maximum absolute atomic E-state index is 12.4. The largest absolute Gasteiger partial charge is 0.405 e. The Kier molecular flexibility index (Phi) is 5.81. The summed E-state index contributed by atoms with van der Waals surface area (Å²) in [6.45, 7) is 3.09. The number of halogens is 4. The van der Waals surface area contributed by atoms with Crippen molar-refractivity contribution in [1.29, 1.82) is 0 Å². The van der Waals surface area contributed by atoms with Gasteiger partial charge in [0, 0.05) is 19.2 Å². The first-order valence-corrected chi connectivity index (χ1v) is 6.16. The molecular formula is C11H15ClF3N3O. The lowest BCUT2D eigenvalue weighted by molar-refractivity contribution is -0.119. The Balaban J connectivity index is 2.93. The topological polar surface area (TPSA) is 38.2 Å². The molecular weight excluding hydrogens is 283 g/mol. The van der Waals surface area contributed by atoms with E-state index in [1.807, 2.05) is 0 Å². The minimum Gasteiger partial charge on any atom is -0.374 e. The fraction of sp³-hybridized carbons (Fsp3) is 0.636. The summed E-state index contributed by atoms with van der Waals surface area (Å²) in [5.74, 6) is 0.416. The Morgan fingerprint density at radius 1 is 1.32 bits per heavy atom. The molecule has 0 fully saturated rings. The molecule has 19 heavy (non-hydrogen) atoms. The van der Waals surface area contributed by atoms with Crippen LogP contribution in [0.15, 0.2) is 6.07 Å². The van der Waals surface area contributed by atoms with Crippen LogP contribution in [0.25, 0.3) is 0 Å². The zero-order valence-corrected chi connectivity index (χ0v) is 11.4. The second kappa shape index (κ2) is 6.91. The first kappa shape index (κ1) is 16.0. The van der Waals surface area contributed by atoms with Crippen LogP contribution in [0, 0.1) is 0 Å². The van der Waals surface area contributed by atoms with Gasteiger partial charge in [-0.05, 0) is 13.8 Å². The Morgan fingerprint density at radius 3 is 2.53 bits per heavy atom. The molecule has 0 aliphatic heterocycles. The average molecular weight is 298 g/mol. The number of ether oxygens (including phenoxy) is 1. The number of hydrogen-bond donors (Lipinski definition) is 0. The Labute approximate surface area is 114 Å². The summed E-state index contributed by atoms with van der Waals surface area (Å²) >= 11 is 5.79. The third-order valence-corrected chi connectivity index (χ3v) is 2.43. The van der Waals surface area contributed by atoms with E-state index in [2.05, 4.69) is 9.97 Å². The van der Waals surface area contributed by atoms with Gasteiger partial charge >= 0.3 is 6.18 Å². The van der Waals surface area contributed by atoms with E-state index in [4.69, 9.17) is 16.3 Å². The fourth-order valence-corrected chi connectivity index (χ4v) is 1.64. The molecule has 0 atom stereocenters. The molecule has 8 heteroatoms. The summed E-state index contributed by atoms with van der Waals surface area (Å²) in [6.07, 6.45) is -4.30. The highest BCUT2D eigenvalue weighted by atomic mass is 35.5. The molecule has 0 N–H and O–H groups in total. The Hall–Kier alpha value is -1.08. The molecule has 1 rings (SSSR count). The smallest absolute Gasteiger partial charge is 0.374 e. The molecule has 108 valence electrons. The van der Waals surface area contributed by atoms with E-state index in [9.17, 15) is 13.2 Å². The number of anilines is 1. The van der Waals surface area contributed by atoms with Crippen LogP contribution in [-0.4, -0.2) is 35.8 Å². The summed E-state index contributed by atoms with van der Waals surface area (Å²) in [5.41, 5.74) is 0. The lowest BCUT2D eigenvalue weighted by atomic mass is 10.4. The van der Waals surface area contributed by atoms with E-state index in [0.29, 0.717) is 6.61 Å². The molecule has 0 aliphatic rings. The monoisotopic (exact) mass is 297 g/mol. The van der Waals surface area contributed by atoms with Gasteiger partial charge in [-0.2, -0.15) is 13.2 Å². The van der Waals surface area contributed by atoms with Crippen LogP contribution in [-0.2, 0) is 11.3 Å². The van der Waals surface area contributed by atoms with Crippen LogP contribution in [0.5, 0.6) is 0 Å². The van der Waals surface area contributed by atoms with E-state index < -0.39 is 12.7 Å². The molecule has 0 saturated heterocycles. The van der Waals surface area contributed by atoms with Gasteiger partial charge in [-0.25, -0.2) is 9.97 Å². The highest BCUT2D eigenvalue weighted by Crippen LogP contribution is 2.22. The molecule has 1 heterocycles. The van der Waals surface area contributed by atoms with Gasteiger partial charge in [0.05, 0.1) is 0 Å². The fourth-order valence-electron chi connectivity index (χ4n) is 1.44. The van der Waals surface area contributed by atoms with Crippen molar-refractivity contribution >= 4 is 17.4 Å². The maximum Gasteiger partial charge on any atom is 0.405 e.